The average molecular weight is 410 g/mol. The summed E-state index contributed by atoms with van der Waals surface area (Å²) < 4.78 is 12.2. The van der Waals surface area contributed by atoms with Gasteiger partial charge in [0.15, 0.2) is 5.75 Å². The molecule has 0 saturated carbocycles. The van der Waals surface area contributed by atoms with Crippen LogP contribution in [-0.4, -0.2) is 20.9 Å². The molecule has 1 aromatic heterocycles. The number of carbonyl (C=O) groups is 1. The molecule has 0 aliphatic rings. The number of rotatable bonds is 4. The molecular formula is C19H17Cl2NO5. The zero-order chi connectivity index (χ0) is 19.9. The second-order valence-electron chi connectivity index (χ2n) is 6.32. The lowest BCUT2D eigenvalue weighted by Crippen LogP contribution is -2.06. The molecule has 0 aliphatic heterocycles. The number of aryl methyl sites for hydroxylation is 1. The maximum Gasteiger partial charge on any atom is 0.512 e. The zero-order valence-corrected chi connectivity index (χ0v) is 16.3. The van der Waals surface area contributed by atoms with Crippen LogP contribution in [0.15, 0.2) is 30.3 Å². The third-order valence-corrected chi connectivity index (χ3v) is 4.84. The number of phenols is 1. The first-order valence-electron chi connectivity index (χ1n) is 8.08. The topological polar surface area (TPSA) is 80.9 Å². The van der Waals surface area contributed by atoms with Crippen LogP contribution < -0.4 is 9.47 Å². The standard InChI is InChI=1S/C19H17Cl2NO5/c1-9(2)11-6-10(4-5-15(11)23)26-18-13(20)8-14-12(17(18)21)7-16(22(14)3)27-19(24)25/h4-9,23H,1-3H3,(H,24,25). The van der Waals surface area contributed by atoms with Crippen LogP contribution >= 0.6 is 23.2 Å². The van der Waals surface area contributed by atoms with E-state index in [1.165, 1.54) is 10.6 Å². The summed E-state index contributed by atoms with van der Waals surface area (Å²) in [6, 6.07) is 8.01. The van der Waals surface area contributed by atoms with Gasteiger partial charge in [0.25, 0.3) is 0 Å². The molecule has 1 heterocycles. The molecule has 3 aromatic rings. The van der Waals surface area contributed by atoms with Crippen molar-refractivity contribution in [1.82, 2.24) is 4.57 Å². The first-order valence-corrected chi connectivity index (χ1v) is 8.83. The molecule has 2 aromatic carbocycles. The van der Waals surface area contributed by atoms with Gasteiger partial charge >= 0.3 is 6.16 Å². The van der Waals surface area contributed by atoms with Gasteiger partial charge in [-0.2, -0.15) is 0 Å². The van der Waals surface area contributed by atoms with Gasteiger partial charge in [-0.3, -0.25) is 0 Å². The molecule has 0 spiro atoms. The number of ether oxygens (including phenoxy) is 2. The van der Waals surface area contributed by atoms with Crippen molar-refractivity contribution in [1.29, 1.82) is 0 Å². The van der Waals surface area contributed by atoms with Crippen molar-refractivity contribution in [3.8, 4) is 23.1 Å². The van der Waals surface area contributed by atoms with Crippen LogP contribution in [0, 0.1) is 0 Å². The number of phenolic OH excluding ortho intramolecular Hbond substituents is 1. The molecule has 6 nitrogen and oxygen atoms in total. The van der Waals surface area contributed by atoms with E-state index in [0.29, 0.717) is 16.7 Å². The van der Waals surface area contributed by atoms with Gasteiger partial charge in [0, 0.05) is 24.1 Å². The maximum absolute atomic E-state index is 10.8. The highest BCUT2D eigenvalue weighted by molar-refractivity contribution is 6.41. The fourth-order valence-corrected chi connectivity index (χ4v) is 3.39. The van der Waals surface area contributed by atoms with Crippen LogP contribution in [0.3, 0.4) is 0 Å². The van der Waals surface area contributed by atoms with E-state index in [4.69, 9.17) is 37.8 Å². The highest BCUT2D eigenvalue weighted by atomic mass is 35.5. The number of nitrogens with zero attached hydrogens (tertiary/aromatic N) is 1. The first-order chi connectivity index (χ1) is 12.7. The number of hydrogen-bond acceptors (Lipinski definition) is 4. The Hall–Kier alpha value is -2.57. The second-order valence-corrected chi connectivity index (χ2v) is 7.11. The Morgan fingerprint density at radius 1 is 1.19 bits per heavy atom. The van der Waals surface area contributed by atoms with Crippen molar-refractivity contribution in [3.05, 3.63) is 45.9 Å². The molecule has 0 fully saturated rings. The largest absolute Gasteiger partial charge is 0.512 e. The zero-order valence-electron chi connectivity index (χ0n) is 14.8. The molecule has 0 atom stereocenters. The normalized spacial score (nSPS) is 11.2. The van der Waals surface area contributed by atoms with Crippen LogP contribution in [-0.2, 0) is 7.05 Å². The Labute approximate surface area is 165 Å². The number of aromatic nitrogens is 1. The number of carboxylic acid groups (broad SMARTS) is 1. The van der Waals surface area contributed by atoms with Gasteiger partial charge in [-0.25, -0.2) is 4.79 Å². The Bertz CT molecular complexity index is 1040. The Morgan fingerprint density at radius 3 is 2.52 bits per heavy atom. The van der Waals surface area contributed by atoms with Gasteiger partial charge in [-0.05, 0) is 30.2 Å². The van der Waals surface area contributed by atoms with E-state index in [1.54, 1.807) is 31.3 Å². The van der Waals surface area contributed by atoms with Gasteiger partial charge in [0.2, 0.25) is 5.88 Å². The highest BCUT2D eigenvalue weighted by Gasteiger charge is 2.19. The predicted molar refractivity (Wildman–Crippen MR) is 104 cm³/mol. The predicted octanol–water partition coefficient (Wildman–Crippen LogP) is 6.16. The molecule has 2 N–H and O–H groups in total. The summed E-state index contributed by atoms with van der Waals surface area (Å²) in [5.74, 6) is 1.10. The Balaban J connectivity index is 2.07. The quantitative estimate of drug-likeness (QED) is 0.504. The summed E-state index contributed by atoms with van der Waals surface area (Å²) >= 11 is 12.8. The maximum atomic E-state index is 10.8. The van der Waals surface area contributed by atoms with Crippen molar-refractivity contribution in [2.24, 2.45) is 7.05 Å². The number of aromatic hydroxyl groups is 1. The van der Waals surface area contributed by atoms with Crippen LogP contribution in [0.1, 0.15) is 25.3 Å². The van der Waals surface area contributed by atoms with E-state index < -0.39 is 6.16 Å². The van der Waals surface area contributed by atoms with Crippen LogP contribution in [0.25, 0.3) is 10.9 Å². The SMILES string of the molecule is CC(C)c1cc(Oc2c(Cl)cc3c(cc(OC(=O)O)n3C)c2Cl)ccc1O. The summed E-state index contributed by atoms with van der Waals surface area (Å²) in [6.45, 7) is 3.91. The summed E-state index contributed by atoms with van der Waals surface area (Å²) in [7, 11) is 1.64. The molecule has 142 valence electrons. The summed E-state index contributed by atoms with van der Waals surface area (Å²) in [4.78, 5) is 10.8. The number of benzene rings is 2. The Kier molecular flexibility index (Phi) is 5.13. The van der Waals surface area contributed by atoms with Gasteiger partial charge < -0.3 is 24.3 Å². The first kappa shape index (κ1) is 19.2. The number of hydrogen-bond donors (Lipinski definition) is 2. The number of halogens is 2. The Morgan fingerprint density at radius 2 is 1.89 bits per heavy atom. The van der Waals surface area contributed by atoms with Gasteiger partial charge in [-0.15, -0.1) is 0 Å². The van der Waals surface area contributed by atoms with Crippen molar-refractivity contribution in [3.63, 3.8) is 0 Å². The van der Waals surface area contributed by atoms with Gasteiger partial charge in [0.05, 0.1) is 15.6 Å². The summed E-state index contributed by atoms with van der Waals surface area (Å²) in [6.07, 6.45) is -1.43. The third-order valence-electron chi connectivity index (χ3n) is 4.18. The molecule has 0 aliphatic carbocycles. The van der Waals surface area contributed by atoms with Crippen molar-refractivity contribution < 1.29 is 24.5 Å². The smallest absolute Gasteiger partial charge is 0.508 e. The number of fused-ring (bicyclic) bond motifs is 1. The molecule has 0 radical (unpaired) electrons. The highest BCUT2D eigenvalue weighted by Crippen LogP contribution is 2.44. The van der Waals surface area contributed by atoms with E-state index >= 15 is 0 Å². The van der Waals surface area contributed by atoms with E-state index in [2.05, 4.69) is 0 Å². The molecule has 0 unspecified atom stereocenters. The van der Waals surface area contributed by atoms with Crippen LogP contribution in [0.2, 0.25) is 10.0 Å². The van der Waals surface area contributed by atoms with E-state index in [0.717, 1.165) is 5.56 Å². The lowest BCUT2D eigenvalue weighted by Gasteiger charge is -2.14. The van der Waals surface area contributed by atoms with E-state index in [1.807, 2.05) is 13.8 Å². The molecular weight excluding hydrogens is 393 g/mol. The van der Waals surface area contributed by atoms with Crippen LogP contribution in [0.4, 0.5) is 4.79 Å². The average Bonchev–Trinajstić information content (AvgIpc) is 2.88. The molecule has 0 saturated heterocycles. The minimum absolute atomic E-state index is 0.104. The summed E-state index contributed by atoms with van der Waals surface area (Å²) in [5, 5.41) is 19.8. The van der Waals surface area contributed by atoms with Gasteiger partial charge in [-0.1, -0.05) is 37.0 Å². The lowest BCUT2D eigenvalue weighted by atomic mass is 10.0. The van der Waals surface area contributed by atoms with E-state index in [-0.39, 0.29) is 33.3 Å². The molecule has 0 bridgehead atoms. The van der Waals surface area contributed by atoms with Crippen molar-refractivity contribution >= 4 is 40.3 Å². The van der Waals surface area contributed by atoms with Crippen molar-refractivity contribution in [2.75, 3.05) is 0 Å². The van der Waals surface area contributed by atoms with Gasteiger partial charge in [0.1, 0.15) is 11.5 Å². The third kappa shape index (κ3) is 3.63. The monoisotopic (exact) mass is 409 g/mol. The fraction of sp³-hybridized carbons (Fsp3) is 0.211. The van der Waals surface area contributed by atoms with E-state index in [9.17, 15) is 9.90 Å². The fourth-order valence-electron chi connectivity index (χ4n) is 2.81. The minimum Gasteiger partial charge on any atom is -0.508 e. The molecule has 3 rings (SSSR count). The lowest BCUT2D eigenvalue weighted by molar-refractivity contribution is 0.141. The second kappa shape index (κ2) is 7.21. The molecule has 8 heteroatoms. The van der Waals surface area contributed by atoms with Crippen LogP contribution in [0.5, 0.6) is 23.1 Å². The minimum atomic E-state index is -1.43. The molecule has 0 amide bonds. The summed E-state index contributed by atoms with van der Waals surface area (Å²) in [5.41, 5.74) is 1.33. The molecule has 27 heavy (non-hydrogen) atoms. The van der Waals surface area contributed by atoms with Crippen molar-refractivity contribution in [2.45, 2.75) is 19.8 Å².